The Labute approximate surface area is 210 Å². The average molecular weight is 490 g/mol. The second-order valence-corrected chi connectivity index (χ2v) is 9.01. The van der Waals surface area contributed by atoms with E-state index in [4.69, 9.17) is 28.8 Å². The normalized spacial score (nSPS) is 24.6. The zero-order valence-corrected chi connectivity index (χ0v) is 21.1. The van der Waals surface area contributed by atoms with Gasteiger partial charge in [0.2, 0.25) is 0 Å². The number of benzene rings is 3. The van der Waals surface area contributed by atoms with E-state index in [1.165, 1.54) is 5.56 Å². The third-order valence-electron chi connectivity index (χ3n) is 6.78. The molecule has 0 bridgehead atoms. The SMILES string of the molecule is CO[C@@H]1[C@@H](OC)[C@H](C)O[C@@H](O/N=C/c2ccc3c(ccc4c3ncn4-c3ccc(C)cc3)c2)[C@@H]1OC. The summed E-state index contributed by atoms with van der Waals surface area (Å²) in [5.74, 6) is 0. The van der Waals surface area contributed by atoms with Crippen LogP contribution in [0.25, 0.3) is 27.5 Å². The summed E-state index contributed by atoms with van der Waals surface area (Å²) in [6.45, 7) is 4.00. The summed E-state index contributed by atoms with van der Waals surface area (Å²) in [6.07, 6.45) is 1.48. The fourth-order valence-electron chi connectivity index (χ4n) is 4.87. The van der Waals surface area contributed by atoms with Gasteiger partial charge in [-0.25, -0.2) is 4.98 Å². The molecule has 0 N–H and O–H groups in total. The first kappa shape index (κ1) is 24.4. The van der Waals surface area contributed by atoms with Crippen molar-refractivity contribution in [3.63, 3.8) is 0 Å². The van der Waals surface area contributed by atoms with Crippen LogP contribution in [0.3, 0.4) is 0 Å². The van der Waals surface area contributed by atoms with Crippen molar-refractivity contribution in [3.8, 4) is 5.69 Å². The van der Waals surface area contributed by atoms with E-state index >= 15 is 0 Å². The molecule has 1 aromatic heterocycles. The quantitative estimate of drug-likeness (QED) is 0.278. The molecule has 5 rings (SSSR count). The lowest BCUT2D eigenvalue weighted by Gasteiger charge is -2.42. The van der Waals surface area contributed by atoms with E-state index in [0.717, 1.165) is 33.1 Å². The number of ether oxygens (including phenoxy) is 4. The molecule has 8 heteroatoms. The lowest BCUT2D eigenvalue weighted by atomic mass is 9.99. The van der Waals surface area contributed by atoms with Crippen LogP contribution >= 0.6 is 0 Å². The number of hydrogen-bond donors (Lipinski definition) is 0. The Bertz CT molecular complexity index is 1370. The molecule has 0 radical (unpaired) electrons. The molecule has 188 valence electrons. The van der Waals surface area contributed by atoms with Crippen LogP contribution in [-0.2, 0) is 23.8 Å². The largest absolute Gasteiger partial charge is 0.376 e. The van der Waals surface area contributed by atoms with Crippen LogP contribution in [0.4, 0.5) is 0 Å². The van der Waals surface area contributed by atoms with Gasteiger partial charge in [-0.1, -0.05) is 41.1 Å². The summed E-state index contributed by atoms with van der Waals surface area (Å²) in [5.41, 5.74) is 5.23. The molecule has 4 aromatic rings. The lowest BCUT2D eigenvalue weighted by Crippen LogP contribution is -2.59. The van der Waals surface area contributed by atoms with Crippen molar-refractivity contribution in [2.24, 2.45) is 5.16 Å². The Kier molecular flexibility index (Phi) is 7.02. The molecule has 1 fully saturated rings. The molecule has 0 unspecified atom stereocenters. The van der Waals surface area contributed by atoms with Crippen LogP contribution < -0.4 is 0 Å². The van der Waals surface area contributed by atoms with Gasteiger partial charge in [0.05, 0.1) is 23.4 Å². The van der Waals surface area contributed by atoms with Gasteiger partial charge < -0.3 is 23.8 Å². The third kappa shape index (κ3) is 4.49. The second kappa shape index (κ2) is 10.4. The summed E-state index contributed by atoms with van der Waals surface area (Å²) in [4.78, 5) is 10.4. The number of aryl methyl sites for hydroxylation is 1. The minimum Gasteiger partial charge on any atom is -0.376 e. The maximum absolute atomic E-state index is 5.95. The molecule has 0 spiro atoms. The smallest absolute Gasteiger partial charge is 0.256 e. The van der Waals surface area contributed by atoms with Crippen molar-refractivity contribution >= 4 is 28.0 Å². The zero-order valence-electron chi connectivity index (χ0n) is 21.1. The number of oxime groups is 1. The zero-order chi connectivity index (χ0) is 25.2. The summed E-state index contributed by atoms with van der Waals surface area (Å²) in [7, 11) is 4.84. The van der Waals surface area contributed by atoms with Gasteiger partial charge in [-0.15, -0.1) is 0 Å². The van der Waals surface area contributed by atoms with Gasteiger partial charge in [0.15, 0.2) is 6.10 Å². The van der Waals surface area contributed by atoms with E-state index in [1.54, 1.807) is 27.5 Å². The number of nitrogens with zero attached hydrogens (tertiary/aromatic N) is 3. The highest BCUT2D eigenvalue weighted by Gasteiger charge is 2.46. The van der Waals surface area contributed by atoms with Crippen molar-refractivity contribution in [1.82, 2.24) is 9.55 Å². The maximum Gasteiger partial charge on any atom is 0.256 e. The fraction of sp³-hybridized carbons (Fsp3) is 0.357. The van der Waals surface area contributed by atoms with E-state index in [0.29, 0.717) is 0 Å². The van der Waals surface area contributed by atoms with Crippen molar-refractivity contribution < 1.29 is 23.8 Å². The van der Waals surface area contributed by atoms with Gasteiger partial charge >= 0.3 is 0 Å². The van der Waals surface area contributed by atoms with Crippen LogP contribution in [0.2, 0.25) is 0 Å². The first-order valence-electron chi connectivity index (χ1n) is 11.9. The molecule has 36 heavy (non-hydrogen) atoms. The summed E-state index contributed by atoms with van der Waals surface area (Å²) < 4.78 is 24.8. The molecule has 0 amide bonds. The molecule has 1 aliphatic heterocycles. The van der Waals surface area contributed by atoms with E-state index in [1.807, 2.05) is 19.3 Å². The first-order valence-corrected chi connectivity index (χ1v) is 11.9. The molecule has 3 aromatic carbocycles. The number of methoxy groups -OCH3 is 3. The lowest BCUT2D eigenvalue weighted by molar-refractivity contribution is -0.305. The number of rotatable bonds is 7. The monoisotopic (exact) mass is 489 g/mol. The predicted molar refractivity (Wildman–Crippen MR) is 139 cm³/mol. The van der Waals surface area contributed by atoms with Crippen LogP contribution in [0.15, 0.2) is 66.1 Å². The van der Waals surface area contributed by atoms with Gasteiger partial charge in [-0.05, 0) is 49.1 Å². The Morgan fingerprint density at radius 2 is 1.67 bits per heavy atom. The van der Waals surface area contributed by atoms with Gasteiger partial charge in [-0.2, -0.15) is 0 Å². The van der Waals surface area contributed by atoms with Gasteiger partial charge in [0.1, 0.15) is 18.5 Å². The van der Waals surface area contributed by atoms with Crippen LogP contribution in [0.5, 0.6) is 0 Å². The molecule has 8 nitrogen and oxygen atoms in total. The molecule has 5 atom stereocenters. The standard InChI is InChI=1S/C28H31N3O5/c1-17-6-10-21(11-7-17)31-16-29-24-22-12-8-19(14-20(22)9-13-23(24)31)15-30-36-28-27(34-5)26(33-4)25(32-3)18(2)35-28/h6-16,18,25-28H,1-5H3/b30-15+/t18-,25-,26+,27+,28-/m0/s1. The van der Waals surface area contributed by atoms with Crippen molar-refractivity contribution in [1.29, 1.82) is 0 Å². The minimum absolute atomic E-state index is 0.241. The first-order chi connectivity index (χ1) is 17.5. The summed E-state index contributed by atoms with van der Waals surface area (Å²) in [5, 5.41) is 6.34. The summed E-state index contributed by atoms with van der Waals surface area (Å²) in [6, 6.07) is 18.7. The maximum atomic E-state index is 5.95. The molecule has 0 aliphatic carbocycles. The van der Waals surface area contributed by atoms with Crippen molar-refractivity contribution in [2.75, 3.05) is 21.3 Å². The average Bonchev–Trinajstić information content (AvgIpc) is 3.33. The van der Waals surface area contributed by atoms with Gasteiger partial charge in [0, 0.05) is 32.4 Å². The topological polar surface area (TPSA) is 76.3 Å². The molecule has 2 heterocycles. The Morgan fingerprint density at radius 1 is 0.917 bits per heavy atom. The van der Waals surface area contributed by atoms with Crippen LogP contribution in [0.1, 0.15) is 18.1 Å². The number of aromatic nitrogens is 2. The van der Waals surface area contributed by atoms with E-state index in [2.05, 4.69) is 65.2 Å². The van der Waals surface area contributed by atoms with Crippen LogP contribution in [-0.4, -0.2) is 67.8 Å². The number of hydrogen-bond acceptors (Lipinski definition) is 7. The molecule has 1 aliphatic rings. The highest BCUT2D eigenvalue weighted by molar-refractivity contribution is 6.06. The Morgan fingerprint density at radius 3 is 2.39 bits per heavy atom. The predicted octanol–water partition coefficient (Wildman–Crippen LogP) is 4.63. The highest BCUT2D eigenvalue weighted by Crippen LogP contribution is 2.29. The molecular formula is C28H31N3O5. The van der Waals surface area contributed by atoms with Gasteiger partial charge in [-0.3, -0.25) is 4.57 Å². The van der Waals surface area contributed by atoms with Crippen molar-refractivity contribution in [2.45, 2.75) is 44.6 Å². The summed E-state index contributed by atoms with van der Waals surface area (Å²) >= 11 is 0. The fourth-order valence-corrected chi connectivity index (χ4v) is 4.87. The minimum atomic E-state index is -0.719. The number of imidazole rings is 1. The van der Waals surface area contributed by atoms with Crippen LogP contribution in [0, 0.1) is 6.92 Å². The van der Waals surface area contributed by atoms with E-state index in [-0.39, 0.29) is 18.3 Å². The van der Waals surface area contributed by atoms with Crippen molar-refractivity contribution in [3.05, 3.63) is 72.1 Å². The van der Waals surface area contributed by atoms with Gasteiger partial charge in [0.25, 0.3) is 6.29 Å². The molecule has 1 saturated heterocycles. The number of fused-ring (bicyclic) bond motifs is 3. The Balaban J connectivity index is 1.36. The van der Waals surface area contributed by atoms with E-state index < -0.39 is 12.4 Å². The Hall–Kier alpha value is -3.30. The molecular weight excluding hydrogens is 458 g/mol. The molecule has 0 saturated carbocycles. The third-order valence-corrected chi connectivity index (χ3v) is 6.78. The highest BCUT2D eigenvalue weighted by atomic mass is 16.8. The second-order valence-electron chi connectivity index (χ2n) is 9.01. The van der Waals surface area contributed by atoms with E-state index in [9.17, 15) is 0 Å².